The van der Waals surface area contributed by atoms with Crippen molar-refractivity contribution >= 4 is 17.1 Å². The topological polar surface area (TPSA) is 93.0 Å². The van der Waals surface area contributed by atoms with Crippen LogP contribution in [0, 0.1) is 0 Å². The SMILES string of the molecule is CC(C)(O)C(C)(C)ONc1cccc(N=C(/C=C(\N)C(F)(F)F)c2ccco2)c1. The van der Waals surface area contributed by atoms with Gasteiger partial charge in [-0.1, -0.05) is 6.07 Å². The summed E-state index contributed by atoms with van der Waals surface area (Å²) in [6.07, 6.45) is -2.65. The first-order valence-corrected chi connectivity index (χ1v) is 8.73. The molecule has 0 radical (unpaired) electrons. The Morgan fingerprint density at radius 3 is 2.41 bits per heavy atom. The standard InChI is InChI=1S/C20H24F3N3O3/c1-18(2,27)19(3,4)29-26-14-8-5-7-13(11-14)25-15(16-9-6-10-28-16)12-17(24)20(21,22)23/h5-12,26-27H,24H2,1-4H3/b17-12-,25-15?. The average molecular weight is 411 g/mol. The fraction of sp³-hybridized carbons (Fsp3) is 0.350. The summed E-state index contributed by atoms with van der Waals surface area (Å²) in [5.74, 6) is 0.134. The second-order valence-electron chi connectivity index (χ2n) is 7.40. The lowest BCUT2D eigenvalue weighted by molar-refractivity contribution is -0.130. The van der Waals surface area contributed by atoms with E-state index in [9.17, 15) is 18.3 Å². The van der Waals surface area contributed by atoms with Crippen molar-refractivity contribution in [1.29, 1.82) is 0 Å². The third-order valence-electron chi connectivity index (χ3n) is 4.39. The van der Waals surface area contributed by atoms with Crippen LogP contribution in [0.1, 0.15) is 33.5 Å². The molecule has 6 nitrogen and oxygen atoms in total. The quantitative estimate of drug-likeness (QED) is 0.454. The smallest absolute Gasteiger partial charge is 0.430 e. The monoisotopic (exact) mass is 411 g/mol. The van der Waals surface area contributed by atoms with Crippen molar-refractivity contribution in [3.8, 4) is 0 Å². The molecule has 9 heteroatoms. The molecule has 158 valence electrons. The summed E-state index contributed by atoms with van der Waals surface area (Å²) in [6, 6.07) is 9.53. The molecule has 0 saturated heterocycles. The second kappa shape index (κ2) is 8.30. The minimum atomic E-state index is -4.69. The number of halogens is 3. The number of benzene rings is 1. The van der Waals surface area contributed by atoms with Crippen molar-refractivity contribution in [3.05, 3.63) is 60.2 Å². The molecule has 1 aromatic heterocycles. The Morgan fingerprint density at radius 2 is 1.86 bits per heavy atom. The van der Waals surface area contributed by atoms with Crippen LogP contribution in [0.25, 0.3) is 0 Å². The predicted octanol–water partition coefficient (Wildman–Crippen LogP) is 4.70. The van der Waals surface area contributed by atoms with E-state index in [2.05, 4.69) is 10.5 Å². The summed E-state index contributed by atoms with van der Waals surface area (Å²) in [7, 11) is 0. The van der Waals surface area contributed by atoms with E-state index in [1.165, 1.54) is 18.4 Å². The summed E-state index contributed by atoms with van der Waals surface area (Å²) in [6.45, 7) is 6.65. The van der Waals surface area contributed by atoms with Gasteiger partial charge in [0, 0.05) is 0 Å². The third-order valence-corrected chi connectivity index (χ3v) is 4.39. The van der Waals surface area contributed by atoms with Gasteiger partial charge in [0.25, 0.3) is 0 Å². The zero-order chi connectivity index (χ0) is 21.9. The molecule has 4 N–H and O–H groups in total. The Labute approximate surface area is 166 Å². The lowest BCUT2D eigenvalue weighted by atomic mass is 9.90. The number of nitrogens with zero attached hydrogens (tertiary/aromatic N) is 1. The highest BCUT2D eigenvalue weighted by Crippen LogP contribution is 2.27. The van der Waals surface area contributed by atoms with Gasteiger partial charge in [0.2, 0.25) is 0 Å². The molecular formula is C20H24F3N3O3. The first-order valence-electron chi connectivity index (χ1n) is 8.73. The number of allylic oxidation sites excluding steroid dienone is 2. The third kappa shape index (κ3) is 6.10. The number of nitrogens with one attached hydrogen (secondary N) is 1. The average Bonchev–Trinajstić information content (AvgIpc) is 3.12. The van der Waals surface area contributed by atoms with Crippen molar-refractivity contribution in [3.63, 3.8) is 0 Å². The molecule has 0 aliphatic rings. The van der Waals surface area contributed by atoms with Crippen molar-refractivity contribution in [1.82, 2.24) is 0 Å². The number of hydrogen-bond donors (Lipinski definition) is 3. The van der Waals surface area contributed by atoms with Crippen LogP contribution in [0.2, 0.25) is 0 Å². The number of rotatable bonds is 7. The lowest BCUT2D eigenvalue weighted by Gasteiger charge is -2.36. The number of hydrogen-bond acceptors (Lipinski definition) is 6. The van der Waals surface area contributed by atoms with E-state index < -0.39 is 23.1 Å². The number of aliphatic imine (C=N–C) groups is 1. The molecule has 0 aliphatic heterocycles. The molecule has 0 saturated carbocycles. The Balaban J connectivity index is 2.32. The van der Waals surface area contributed by atoms with E-state index in [1.807, 2.05) is 0 Å². The van der Waals surface area contributed by atoms with Gasteiger partial charge >= 0.3 is 6.18 Å². The van der Waals surface area contributed by atoms with Gasteiger partial charge in [-0.25, -0.2) is 4.99 Å². The van der Waals surface area contributed by atoms with Gasteiger partial charge in [0.15, 0.2) is 5.76 Å². The van der Waals surface area contributed by atoms with Gasteiger partial charge < -0.3 is 15.3 Å². The van der Waals surface area contributed by atoms with E-state index >= 15 is 0 Å². The minimum Gasteiger partial charge on any atom is -0.463 e. The summed E-state index contributed by atoms with van der Waals surface area (Å²) in [5.41, 5.74) is 5.29. The van der Waals surface area contributed by atoms with Crippen LogP contribution in [0.3, 0.4) is 0 Å². The molecule has 0 fully saturated rings. The highest BCUT2D eigenvalue weighted by atomic mass is 19.4. The summed E-state index contributed by atoms with van der Waals surface area (Å²) in [4.78, 5) is 9.80. The van der Waals surface area contributed by atoms with Crippen LogP contribution in [0.4, 0.5) is 24.5 Å². The Bertz CT molecular complexity index is 880. The summed E-state index contributed by atoms with van der Waals surface area (Å²) >= 11 is 0. The van der Waals surface area contributed by atoms with Crippen LogP contribution in [0.5, 0.6) is 0 Å². The van der Waals surface area contributed by atoms with E-state index in [0.29, 0.717) is 17.5 Å². The van der Waals surface area contributed by atoms with E-state index in [1.54, 1.807) is 52.0 Å². The second-order valence-corrected chi connectivity index (χ2v) is 7.40. The van der Waals surface area contributed by atoms with Gasteiger partial charge in [-0.3, -0.25) is 10.3 Å². The van der Waals surface area contributed by atoms with Gasteiger partial charge in [-0.15, -0.1) is 0 Å². The van der Waals surface area contributed by atoms with E-state index in [-0.39, 0.29) is 11.5 Å². The fourth-order valence-electron chi connectivity index (χ4n) is 1.90. The molecule has 0 aliphatic carbocycles. The normalized spacial score (nSPS) is 14.2. The number of anilines is 1. The van der Waals surface area contributed by atoms with Gasteiger partial charge in [0.05, 0.1) is 23.2 Å². The Kier molecular flexibility index (Phi) is 6.44. The maximum Gasteiger partial charge on any atom is 0.430 e. The lowest BCUT2D eigenvalue weighted by Crippen LogP contribution is -2.48. The molecule has 0 spiro atoms. The fourth-order valence-corrected chi connectivity index (χ4v) is 1.90. The predicted molar refractivity (Wildman–Crippen MR) is 105 cm³/mol. The van der Waals surface area contributed by atoms with Crippen LogP contribution < -0.4 is 11.2 Å². The molecule has 2 rings (SSSR count). The highest BCUT2D eigenvalue weighted by molar-refractivity contribution is 6.08. The first-order chi connectivity index (χ1) is 13.3. The zero-order valence-corrected chi connectivity index (χ0v) is 16.5. The largest absolute Gasteiger partial charge is 0.463 e. The Hall–Kier alpha value is -2.78. The van der Waals surface area contributed by atoms with Crippen molar-refractivity contribution in [2.24, 2.45) is 10.7 Å². The molecule has 1 heterocycles. The number of aliphatic hydroxyl groups is 1. The zero-order valence-electron chi connectivity index (χ0n) is 16.5. The van der Waals surface area contributed by atoms with Gasteiger partial charge in [-0.05, 0) is 64.1 Å². The molecule has 2 aromatic rings. The van der Waals surface area contributed by atoms with Crippen LogP contribution in [0.15, 0.2) is 63.8 Å². The molecule has 0 unspecified atom stereocenters. The molecule has 1 aromatic carbocycles. The van der Waals surface area contributed by atoms with Gasteiger partial charge in [0.1, 0.15) is 17.0 Å². The maximum atomic E-state index is 12.8. The number of furan rings is 1. The van der Waals surface area contributed by atoms with Crippen molar-refractivity contribution in [2.75, 3.05) is 5.48 Å². The van der Waals surface area contributed by atoms with Crippen molar-refractivity contribution < 1.29 is 27.5 Å². The van der Waals surface area contributed by atoms with Crippen LogP contribution in [-0.2, 0) is 4.84 Å². The number of alkyl halides is 3. The molecule has 0 atom stereocenters. The van der Waals surface area contributed by atoms with Crippen LogP contribution >= 0.6 is 0 Å². The maximum absolute atomic E-state index is 12.8. The molecular weight excluding hydrogens is 387 g/mol. The highest BCUT2D eigenvalue weighted by Gasteiger charge is 2.37. The van der Waals surface area contributed by atoms with Crippen LogP contribution in [-0.4, -0.2) is 28.2 Å². The summed E-state index contributed by atoms with van der Waals surface area (Å²) in [5, 5.41) is 10.1. The van der Waals surface area contributed by atoms with E-state index in [0.717, 1.165) is 0 Å². The van der Waals surface area contributed by atoms with Gasteiger partial charge in [-0.2, -0.15) is 13.2 Å². The molecule has 0 amide bonds. The van der Waals surface area contributed by atoms with Crippen molar-refractivity contribution in [2.45, 2.75) is 45.1 Å². The van der Waals surface area contributed by atoms with E-state index in [4.69, 9.17) is 15.0 Å². The molecule has 29 heavy (non-hydrogen) atoms. The Morgan fingerprint density at radius 1 is 1.17 bits per heavy atom. The minimum absolute atomic E-state index is 0.0836. The summed E-state index contributed by atoms with van der Waals surface area (Å²) < 4.78 is 43.7. The molecule has 0 bridgehead atoms. The number of nitrogens with two attached hydrogens (primary N) is 1. The first kappa shape index (κ1) is 22.5.